The fourth-order valence-electron chi connectivity index (χ4n) is 1.94. The molecule has 0 amide bonds. The van der Waals surface area contributed by atoms with Gasteiger partial charge in [-0.2, -0.15) is 0 Å². The quantitative estimate of drug-likeness (QED) is 0.688. The van der Waals surface area contributed by atoms with Crippen molar-refractivity contribution in [3.8, 4) is 11.4 Å². The third-order valence-corrected chi connectivity index (χ3v) is 3.18. The van der Waals surface area contributed by atoms with E-state index < -0.39 is 17.5 Å². The molecule has 0 saturated heterocycles. The highest BCUT2D eigenvalue weighted by molar-refractivity contribution is 6.29. The zero-order valence-electron chi connectivity index (χ0n) is 11.5. The summed E-state index contributed by atoms with van der Waals surface area (Å²) in [6.07, 6.45) is 0. The van der Waals surface area contributed by atoms with Crippen LogP contribution in [-0.4, -0.2) is 9.97 Å². The minimum Gasteiger partial charge on any atom is -0.338 e. The summed E-state index contributed by atoms with van der Waals surface area (Å²) in [5.74, 6) is -1.20. The predicted octanol–water partition coefficient (Wildman–Crippen LogP) is 4.96. The summed E-state index contributed by atoms with van der Waals surface area (Å²) >= 11 is 5.94. The molecule has 2 aromatic carbocycles. The number of hydrogen-bond acceptors (Lipinski definition) is 3. The van der Waals surface area contributed by atoms with Gasteiger partial charge in [0.2, 0.25) is 0 Å². The molecule has 0 aliphatic carbocycles. The van der Waals surface area contributed by atoms with E-state index in [9.17, 15) is 13.2 Å². The minimum absolute atomic E-state index is 0.0789. The summed E-state index contributed by atoms with van der Waals surface area (Å²) < 4.78 is 39.9. The van der Waals surface area contributed by atoms with Crippen LogP contribution >= 0.6 is 11.6 Å². The van der Waals surface area contributed by atoms with E-state index in [1.165, 1.54) is 30.3 Å². The van der Waals surface area contributed by atoms with Gasteiger partial charge in [0.1, 0.15) is 28.4 Å². The third kappa shape index (κ3) is 3.60. The zero-order valence-corrected chi connectivity index (χ0v) is 12.3. The Labute approximate surface area is 134 Å². The lowest BCUT2D eigenvalue weighted by molar-refractivity contribution is 0.603. The van der Waals surface area contributed by atoms with Crippen molar-refractivity contribution in [3.63, 3.8) is 0 Å². The van der Waals surface area contributed by atoms with Gasteiger partial charge in [0, 0.05) is 17.7 Å². The molecular weight excluding hydrogens is 327 g/mol. The second-order valence-corrected chi connectivity index (χ2v) is 5.04. The van der Waals surface area contributed by atoms with Crippen LogP contribution in [0, 0.1) is 17.5 Å². The topological polar surface area (TPSA) is 37.8 Å². The molecule has 0 spiro atoms. The van der Waals surface area contributed by atoms with Gasteiger partial charge < -0.3 is 5.32 Å². The van der Waals surface area contributed by atoms with Crippen LogP contribution in [0.2, 0.25) is 5.15 Å². The van der Waals surface area contributed by atoms with Gasteiger partial charge in [0.25, 0.3) is 0 Å². The smallest absolute Gasteiger partial charge is 0.163 e. The molecule has 1 aromatic heterocycles. The Morgan fingerprint density at radius 2 is 1.52 bits per heavy atom. The molecule has 0 bridgehead atoms. The molecule has 0 aliphatic rings. The lowest BCUT2D eigenvalue weighted by atomic mass is 10.2. The van der Waals surface area contributed by atoms with Crippen molar-refractivity contribution in [2.45, 2.75) is 0 Å². The molecule has 3 rings (SSSR count). The number of hydrogen-bond donors (Lipinski definition) is 1. The van der Waals surface area contributed by atoms with E-state index in [-0.39, 0.29) is 22.5 Å². The predicted molar refractivity (Wildman–Crippen MR) is 82.1 cm³/mol. The Morgan fingerprint density at radius 1 is 0.826 bits per heavy atom. The first-order chi connectivity index (χ1) is 11.0. The van der Waals surface area contributed by atoms with Crippen molar-refractivity contribution in [1.82, 2.24) is 9.97 Å². The summed E-state index contributed by atoms with van der Waals surface area (Å²) in [6, 6.07) is 9.90. The van der Waals surface area contributed by atoms with E-state index in [2.05, 4.69) is 15.3 Å². The van der Waals surface area contributed by atoms with Crippen molar-refractivity contribution in [2.24, 2.45) is 0 Å². The van der Waals surface area contributed by atoms with E-state index in [0.717, 1.165) is 18.2 Å². The lowest BCUT2D eigenvalue weighted by Crippen LogP contribution is -2.00. The highest BCUT2D eigenvalue weighted by atomic mass is 35.5. The molecule has 0 saturated carbocycles. The molecule has 0 fully saturated rings. The van der Waals surface area contributed by atoms with Crippen LogP contribution in [-0.2, 0) is 0 Å². The van der Waals surface area contributed by atoms with Gasteiger partial charge in [-0.3, -0.25) is 0 Å². The number of nitrogens with zero attached hydrogens (tertiary/aromatic N) is 2. The molecular formula is C16H9ClF3N3. The maximum absolute atomic E-state index is 13.7. The third-order valence-electron chi connectivity index (χ3n) is 2.99. The first-order valence-electron chi connectivity index (χ1n) is 6.54. The van der Waals surface area contributed by atoms with Gasteiger partial charge in [0.15, 0.2) is 5.82 Å². The number of halogens is 4. The molecule has 3 nitrogen and oxygen atoms in total. The monoisotopic (exact) mass is 335 g/mol. The Kier molecular flexibility index (Phi) is 4.16. The summed E-state index contributed by atoms with van der Waals surface area (Å²) in [5, 5.41) is 2.76. The van der Waals surface area contributed by atoms with E-state index in [1.807, 2.05) is 0 Å². The first-order valence-corrected chi connectivity index (χ1v) is 6.92. The molecule has 0 aliphatic heterocycles. The number of rotatable bonds is 3. The average molecular weight is 336 g/mol. The van der Waals surface area contributed by atoms with Crippen molar-refractivity contribution in [1.29, 1.82) is 0 Å². The van der Waals surface area contributed by atoms with Gasteiger partial charge in [-0.05, 0) is 36.4 Å². The summed E-state index contributed by atoms with van der Waals surface area (Å²) in [6.45, 7) is 0. The molecule has 23 heavy (non-hydrogen) atoms. The van der Waals surface area contributed by atoms with E-state index in [1.54, 1.807) is 0 Å². The second kappa shape index (κ2) is 6.26. The fraction of sp³-hybridized carbons (Fsp3) is 0. The molecule has 1 heterocycles. The number of nitrogens with one attached hydrogen (secondary N) is 1. The molecule has 1 N–H and O–H groups in total. The Bertz CT molecular complexity index is 854. The molecule has 0 unspecified atom stereocenters. The van der Waals surface area contributed by atoms with Crippen molar-refractivity contribution in [3.05, 3.63) is 71.1 Å². The Balaban J connectivity index is 1.97. The van der Waals surface area contributed by atoms with Crippen LogP contribution in [0.4, 0.5) is 24.7 Å². The largest absolute Gasteiger partial charge is 0.338 e. The first kappa shape index (κ1) is 15.3. The highest BCUT2D eigenvalue weighted by Gasteiger charge is 2.09. The van der Waals surface area contributed by atoms with Crippen LogP contribution in [0.5, 0.6) is 0 Å². The standard InChI is InChI=1S/C16H9ClF3N3/c17-14-8-15(21-13-7-11(19)5-6-12(13)20)23-16(22-14)9-1-3-10(18)4-2-9/h1-8H,(H,21,22,23). The molecule has 3 aromatic rings. The Hall–Kier alpha value is -2.60. The van der Waals surface area contributed by atoms with Crippen molar-refractivity contribution in [2.75, 3.05) is 5.32 Å². The normalized spacial score (nSPS) is 10.6. The fourth-order valence-corrected chi connectivity index (χ4v) is 2.12. The Morgan fingerprint density at radius 3 is 2.26 bits per heavy atom. The molecule has 0 radical (unpaired) electrons. The lowest BCUT2D eigenvalue weighted by Gasteiger charge is -2.09. The second-order valence-electron chi connectivity index (χ2n) is 4.66. The molecule has 116 valence electrons. The maximum Gasteiger partial charge on any atom is 0.163 e. The number of benzene rings is 2. The average Bonchev–Trinajstić information content (AvgIpc) is 2.51. The SMILES string of the molecule is Fc1ccc(-c2nc(Cl)cc(Nc3cc(F)ccc3F)n2)cc1. The minimum atomic E-state index is -0.635. The molecule has 0 atom stereocenters. The summed E-state index contributed by atoms with van der Waals surface area (Å²) in [5.41, 5.74) is 0.460. The van der Waals surface area contributed by atoms with E-state index in [4.69, 9.17) is 11.6 Å². The van der Waals surface area contributed by atoms with Crippen LogP contribution < -0.4 is 5.32 Å². The van der Waals surface area contributed by atoms with Gasteiger partial charge in [-0.15, -0.1) is 0 Å². The van der Waals surface area contributed by atoms with Gasteiger partial charge in [-0.25, -0.2) is 23.1 Å². The zero-order chi connectivity index (χ0) is 16.4. The van der Waals surface area contributed by atoms with Crippen LogP contribution in [0.25, 0.3) is 11.4 Å². The highest BCUT2D eigenvalue weighted by Crippen LogP contribution is 2.24. The van der Waals surface area contributed by atoms with Gasteiger partial charge in [-0.1, -0.05) is 11.6 Å². The van der Waals surface area contributed by atoms with Crippen LogP contribution in [0.1, 0.15) is 0 Å². The maximum atomic E-state index is 13.7. The summed E-state index contributed by atoms with van der Waals surface area (Å²) in [7, 11) is 0. The molecule has 7 heteroatoms. The van der Waals surface area contributed by atoms with Gasteiger partial charge in [0.05, 0.1) is 5.69 Å². The van der Waals surface area contributed by atoms with E-state index in [0.29, 0.717) is 5.56 Å². The van der Waals surface area contributed by atoms with Crippen LogP contribution in [0.3, 0.4) is 0 Å². The van der Waals surface area contributed by atoms with Crippen molar-refractivity contribution >= 4 is 23.1 Å². The van der Waals surface area contributed by atoms with Crippen molar-refractivity contribution < 1.29 is 13.2 Å². The van der Waals surface area contributed by atoms with Crippen LogP contribution in [0.15, 0.2) is 48.5 Å². The summed E-state index contributed by atoms with van der Waals surface area (Å²) in [4.78, 5) is 8.22. The number of aromatic nitrogens is 2. The van der Waals surface area contributed by atoms with E-state index >= 15 is 0 Å². The van der Waals surface area contributed by atoms with Gasteiger partial charge >= 0.3 is 0 Å². The number of anilines is 2.